The van der Waals surface area contributed by atoms with Crippen LogP contribution >= 0.6 is 11.3 Å². The molecule has 2 heterocycles. The summed E-state index contributed by atoms with van der Waals surface area (Å²) in [5, 5.41) is 4.68. The summed E-state index contributed by atoms with van der Waals surface area (Å²) in [6.45, 7) is 3.75. The van der Waals surface area contributed by atoms with E-state index in [1.807, 2.05) is 34.3 Å². The van der Waals surface area contributed by atoms with Crippen LogP contribution in [0.3, 0.4) is 0 Å². The number of carbonyl (C=O) groups excluding carboxylic acids is 1. The van der Waals surface area contributed by atoms with E-state index in [9.17, 15) is 17.6 Å². The van der Waals surface area contributed by atoms with Gasteiger partial charge in [0.2, 0.25) is 10.0 Å². The topological polar surface area (TPSA) is 83.8 Å². The molecule has 0 aliphatic heterocycles. The van der Waals surface area contributed by atoms with Gasteiger partial charge in [0.1, 0.15) is 10.7 Å². The maximum atomic E-state index is 14.3. The van der Waals surface area contributed by atoms with E-state index in [-0.39, 0.29) is 18.7 Å². The largest absolute Gasteiger partial charge is 0.322 e. The molecule has 0 spiro atoms. The summed E-state index contributed by atoms with van der Waals surface area (Å²) in [5.41, 5.74) is 2.29. The van der Waals surface area contributed by atoms with Crippen LogP contribution in [-0.4, -0.2) is 41.1 Å². The van der Waals surface area contributed by atoms with E-state index < -0.39 is 26.6 Å². The quantitative estimate of drug-likeness (QED) is 0.430. The van der Waals surface area contributed by atoms with Gasteiger partial charge in [-0.2, -0.15) is 4.31 Å². The van der Waals surface area contributed by atoms with Crippen LogP contribution in [0.15, 0.2) is 65.1 Å². The van der Waals surface area contributed by atoms with Gasteiger partial charge >= 0.3 is 0 Å². The second-order valence-corrected chi connectivity index (χ2v) is 9.76. The highest BCUT2D eigenvalue weighted by Gasteiger charge is 2.26. The van der Waals surface area contributed by atoms with Gasteiger partial charge in [0.05, 0.1) is 5.69 Å². The Morgan fingerprint density at radius 2 is 1.88 bits per heavy atom. The fourth-order valence-corrected chi connectivity index (χ4v) is 5.59. The van der Waals surface area contributed by atoms with Crippen LogP contribution in [0.1, 0.15) is 24.2 Å². The lowest BCUT2D eigenvalue weighted by molar-refractivity contribution is 0.102. The maximum absolute atomic E-state index is 14.3. The molecule has 0 saturated heterocycles. The van der Waals surface area contributed by atoms with Crippen LogP contribution in [0.2, 0.25) is 0 Å². The smallest absolute Gasteiger partial charge is 0.255 e. The van der Waals surface area contributed by atoms with Gasteiger partial charge in [-0.1, -0.05) is 26.0 Å². The first-order chi connectivity index (χ1) is 15.3. The Labute approximate surface area is 189 Å². The number of halogens is 1. The minimum Gasteiger partial charge on any atom is -0.322 e. The van der Waals surface area contributed by atoms with Crippen molar-refractivity contribution in [1.29, 1.82) is 0 Å². The average Bonchev–Trinajstić information content (AvgIpc) is 3.37. The van der Waals surface area contributed by atoms with Crippen molar-refractivity contribution < 1.29 is 17.6 Å². The van der Waals surface area contributed by atoms with E-state index in [0.29, 0.717) is 5.69 Å². The molecule has 0 aliphatic rings. The lowest BCUT2D eigenvalue weighted by atomic mass is 10.1. The molecule has 0 bridgehead atoms. The standard InChI is InChI=1S/C22H21FN4O3S2/c1-3-27(4-2)32(29,30)20-13-16(7-10-18(20)23)21(28)24-17-8-5-15(6-9-17)19-14-26-11-12-31-22(26)25-19/h5-14H,3-4H2,1-2H3,(H,24,28). The summed E-state index contributed by atoms with van der Waals surface area (Å²) in [6, 6.07) is 10.5. The number of benzene rings is 2. The van der Waals surface area contributed by atoms with Crippen LogP contribution < -0.4 is 5.32 Å². The van der Waals surface area contributed by atoms with Crippen molar-refractivity contribution in [3.63, 3.8) is 0 Å². The number of hydrogen-bond acceptors (Lipinski definition) is 5. The summed E-state index contributed by atoms with van der Waals surface area (Å²) in [4.78, 5) is 17.6. The van der Waals surface area contributed by atoms with Crippen LogP contribution in [0.5, 0.6) is 0 Å². The van der Waals surface area contributed by atoms with Crippen LogP contribution in [0.4, 0.5) is 10.1 Å². The second-order valence-electron chi connectivity index (χ2n) is 6.98. The zero-order valence-electron chi connectivity index (χ0n) is 17.4. The number of fused-ring (bicyclic) bond motifs is 1. The van der Waals surface area contributed by atoms with E-state index in [2.05, 4.69) is 10.3 Å². The number of thiazole rings is 1. The van der Waals surface area contributed by atoms with Gasteiger partial charge in [-0.05, 0) is 30.3 Å². The fourth-order valence-electron chi connectivity index (χ4n) is 3.34. The van der Waals surface area contributed by atoms with Gasteiger partial charge in [0.15, 0.2) is 4.96 Å². The number of amides is 1. The number of imidazole rings is 1. The maximum Gasteiger partial charge on any atom is 0.255 e. The summed E-state index contributed by atoms with van der Waals surface area (Å²) in [5.74, 6) is -1.42. The molecule has 0 atom stereocenters. The normalized spacial score (nSPS) is 11.9. The highest BCUT2D eigenvalue weighted by atomic mass is 32.2. The molecule has 0 radical (unpaired) electrons. The van der Waals surface area contributed by atoms with Crippen LogP contribution in [0.25, 0.3) is 16.2 Å². The molecule has 2 aromatic carbocycles. The summed E-state index contributed by atoms with van der Waals surface area (Å²) >= 11 is 1.54. The van der Waals surface area contributed by atoms with Gasteiger partial charge < -0.3 is 5.32 Å². The van der Waals surface area contributed by atoms with E-state index in [1.54, 1.807) is 37.3 Å². The van der Waals surface area contributed by atoms with Crippen molar-refractivity contribution >= 4 is 37.9 Å². The number of anilines is 1. The molecule has 0 fully saturated rings. The van der Waals surface area contributed by atoms with E-state index >= 15 is 0 Å². The van der Waals surface area contributed by atoms with Crippen molar-refractivity contribution in [2.45, 2.75) is 18.7 Å². The molecule has 7 nitrogen and oxygen atoms in total. The highest BCUT2D eigenvalue weighted by Crippen LogP contribution is 2.24. The first-order valence-corrected chi connectivity index (χ1v) is 12.3. The van der Waals surface area contributed by atoms with Gasteiger partial charge in [-0.3, -0.25) is 9.20 Å². The third-order valence-corrected chi connectivity index (χ3v) is 7.88. The van der Waals surface area contributed by atoms with Gasteiger partial charge in [0, 0.05) is 47.7 Å². The highest BCUT2D eigenvalue weighted by molar-refractivity contribution is 7.89. The van der Waals surface area contributed by atoms with Gasteiger partial charge in [0.25, 0.3) is 5.91 Å². The number of carbonyl (C=O) groups is 1. The third-order valence-electron chi connectivity index (χ3n) is 5.05. The lowest BCUT2D eigenvalue weighted by Crippen LogP contribution is -2.31. The molecule has 4 aromatic rings. The van der Waals surface area contributed by atoms with Crippen molar-refractivity contribution in [2.75, 3.05) is 18.4 Å². The summed E-state index contributed by atoms with van der Waals surface area (Å²) < 4.78 is 42.8. The van der Waals surface area contributed by atoms with E-state index in [0.717, 1.165) is 32.7 Å². The molecular weight excluding hydrogens is 451 g/mol. The fraction of sp³-hybridized carbons (Fsp3) is 0.182. The Bertz CT molecular complexity index is 1350. The van der Waals surface area contributed by atoms with Gasteiger partial charge in [-0.15, -0.1) is 11.3 Å². The van der Waals surface area contributed by atoms with Crippen molar-refractivity contribution in [2.24, 2.45) is 0 Å². The molecule has 166 valence electrons. The molecule has 1 amide bonds. The molecule has 0 unspecified atom stereocenters. The van der Waals surface area contributed by atoms with Crippen molar-refractivity contribution in [3.8, 4) is 11.3 Å². The minimum atomic E-state index is -4.03. The number of aromatic nitrogens is 2. The molecule has 0 aliphatic carbocycles. The second kappa shape index (κ2) is 8.81. The number of rotatable bonds is 7. The zero-order chi connectivity index (χ0) is 22.9. The van der Waals surface area contributed by atoms with Gasteiger partial charge in [-0.25, -0.2) is 17.8 Å². The summed E-state index contributed by atoms with van der Waals surface area (Å²) in [7, 11) is -4.03. The number of nitrogens with zero attached hydrogens (tertiary/aromatic N) is 3. The first kappa shape index (κ1) is 22.1. The summed E-state index contributed by atoms with van der Waals surface area (Å²) in [6.07, 6.45) is 3.86. The number of nitrogens with one attached hydrogen (secondary N) is 1. The molecular formula is C22H21FN4O3S2. The zero-order valence-corrected chi connectivity index (χ0v) is 19.1. The molecule has 1 N–H and O–H groups in total. The van der Waals surface area contributed by atoms with E-state index in [4.69, 9.17) is 0 Å². The predicted molar refractivity (Wildman–Crippen MR) is 123 cm³/mol. The molecule has 32 heavy (non-hydrogen) atoms. The lowest BCUT2D eigenvalue weighted by Gasteiger charge is -2.19. The molecule has 10 heteroatoms. The Balaban J connectivity index is 1.54. The minimum absolute atomic E-state index is 0.0514. The number of hydrogen-bond donors (Lipinski definition) is 1. The Morgan fingerprint density at radius 1 is 1.16 bits per heavy atom. The van der Waals surface area contributed by atoms with Crippen LogP contribution in [0, 0.1) is 5.82 Å². The SMILES string of the molecule is CCN(CC)S(=O)(=O)c1cc(C(=O)Nc2ccc(-c3cn4ccsc4n3)cc2)ccc1F. The Kier molecular flexibility index (Phi) is 6.09. The first-order valence-electron chi connectivity index (χ1n) is 9.97. The Morgan fingerprint density at radius 3 is 2.53 bits per heavy atom. The van der Waals surface area contributed by atoms with Crippen LogP contribution in [-0.2, 0) is 10.0 Å². The predicted octanol–water partition coefficient (Wildman–Crippen LogP) is 4.48. The van der Waals surface area contributed by atoms with Crippen molar-refractivity contribution in [1.82, 2.24) is 13.7 Å². The third kappa shape index (κ3) is 4.16. The molecule has 0 saturated carbocycles. The molecule has 4 rings (SSSR count). The average molecular weight is 473 g/mol. The Hall–Kier alpha value is -3.08. The number of sulfonamides is 1. The molecule has 2 aromatic heterocycles. The monoisotopic (exact) mass is 472 g/mol. The van der Waals surface area contributed by atoms with Crippen molar-refractivity contribution in [3.05, 3.63) is 71.6 Å². The van der Waals surface area contributed by atoms with E-state index in [1.165, 1.54) is 6.07 Å².